The molecule has 0 fully saturated rings. The topological polar surface area (TPSA) is 74.0 Å². The maximum atomic E-state index is 13.6. The highest BCUT2D eigenvalue weighted by Gasteiger charge is 2.12. The lowest BCUT2D eigenvalue weighted by atomic mass is 10.0. The molecule has 98 valence electrons. The van der Waals surface area contributed by atoms with Crippen molar-refractivity contribution >= 4 is 5.65 Å². The van der Waals surface area contributed by atoms with E-state index in [-0.39, 0.29) is 5.56 Å². The molecule has 0 spiro atoms. The van der Waals surface area contributed by atoms with Crippen LogP contribution in [0.5, 0.6) is 0 Å². The van der Waals surface area contributed by atoms with Crippen molar-refractivity contribution in [1.29, 1.82) is 5.26 Å². The molecule has 0 unspecified atom stereocenters. The standard InChI is InChI=1S/C14H9FN4O/c1-8-4-10(11(5-16)14(20)18-8)9-2-3-13-17-6-12(15)19(13)7-9/h2-4,6-7H,1H3,(H,18,20). The molecular weight excluding hydrogens is 259 g/mol. The summed E-state index contributed by atoms with van der Waals surface area (Å²) >= 11 is 0. The number of imidazole rings is 1. The fourth-order valence-electron chi connectivity index (χ4n) is 2.14. The molecule has 3 heterocycles. The van der Waals surface area contributed by atoms with Crippen LogP contribution in [0.2, 0.25) is 0 Å². The Balaban J connectivity index is 2.33. The number of nitrogens with zero attached hydrogens (tertiary/aromatic N) is 3. The van der Waals surface area contributed by atoms with E-state index >= 15 is 0 Å². The first-order valence-electron chi connectivity index (χ1n) is 5.87. The largest absolute Gasteiger partial charge is 0.325 e. The van der Waals surface area contributed by atoms with Crippen molar-refractivity contribution in [2.24, 2.45) is 0 Å². The number of hydrogen-bond acceptors (Lipinski definition) is 3. The van der Waals surface area contributed by atoms with Gasteiger partial charge in [-0.2, -0.15) is 9.65 Å². The van der Waals surface area contributed by atoms with Crippen LogP contribution in [0, 0.1) is 24.2 Å². The summed E-state index contributed by atoms with van der Waals surface area (Å²) in [5.74, 6) is -0.498. The van der Waals surface area contributed by atoms with Crippen molar-refractivity contribution < 1.29 is 4.39 Å². The van der Waals surface area contributed by atoms with Crippen LogP contribution < -0.4 is 5.56 Å². The zero-order valence-electron chi connectivity index (χ0n) is 10.5. The van der Waals surface area contributed by atoms with Crippen LogP contribution >= 0.6 is 0 Å². The van der Waals surface area contributed by atoms with Crippen molar-refractivity contribution in [2.45, 2.75) is 6.92 Å². The highest BCUT2D eigenvalue weighted by molar-refractivity contribution is 5.70. The molecule has 0 aromatic carbocycles. The predicted molar refractivity (Wildman–Crippen MR) is 70.7 cm³/mol. The first kappa shape index (κ1) is 12.1. The molecule has 0 aliphatic carbocycles. The number of rotatable bonds is 1. The van der Waals surface area contributed by atoms with E-state index in [1.165, 1.54) is 10.6 Å². The molecular formula is C14H9FN4O. The van der Waals surface area contributed by atoms with E-state index in [0.717, 1.165) is 6.20 Å². The summed E-state index contributed by atoms with van der Waals surface area (Å²) in [6.45, 7) is 1.72. The van der Waals surface area contributed by atoms with Crippen LogP contribution in [0.3, 0.4) is 0 Å². The van der Waals surface area contributed by atoms with Gasteiger partial charge in [0.2, 0.25) is 5.95 Å². The Morgan fingerprint density at radius 1 is 1.45 bits per heavy atom. The molecule has 20 heavy (non-hydrogen) atoms. The van der Waals surface area contributed by atoms with Gasteiger partial charge in [0, 0.05) is 23.0 Å². The number of aromatic amines is 1. The molecule has 0 radical (unpaired) electrons. The van der Waals surface area contributed by atoms with Gasteiger partial charge in [0.15, 0.2) is 0 Å². The van der Waals surface area contributed by atoms with Crippen molar-refractivity contribution in [3.8, 4) is 17.2 Å². The fourth-order valence-corrected chi connectivity index (χ4v) is 2.14. The second-order valence-corrected chi connectivity index (χ2v) is 4.41. The van der Waals surface area contributed by atoms with E-state index in [4.69, 9.17) is 5.26 Å². The summed E-state index contributed by atoms with van der Waals surface area (Å²) in [4.78, 5) is 18.2. The average molecular weight is 268 g/mol. The monoisotopic (exact) mass is 268 g/mol. The van der Waals surface area contributed by atoms with Gasteiger partial charge in [0.05, 0.1) is 6.20 Å². The van der Waals surface area contributed by atoms with Gasteiger partial charge in [-0.1, -0.05) is 0 Å². The van der Waals surface area contributed by atoms with Crippen molar-refractivity contribution in [2.75, 3.05) is 0 Å². The third kappa shape index (κ3) is 1.77. The number of halogens is 1. The lowest BCUT2D eigenvalue weighted by Crippen LogP contribution is -2.12. The number of fused-ring (bicyclic) bond motifs is 1. The first-order valence-corrected chi connectivity index (χ1v) is 5.87. The minimum atomic E-state index is -0.498. The predicted octanol–water partition coefficient (Wildman–Crippen LogP) is 2.01. The van der Waals surface area contributed by atoms with Gasteiger partial charge in [0.25, 0.3) is 5.56 Å². The number of H-pyrrole nitrogens is 1. The summed E-state index contributed by atoms with van der Waals surface area (Å²) < 4.78 is 14.8. The molecule has 0 amide bonds. The van der Waals surface area contributed by atoms with E-state index in [2.05, 4.69) is 9.97 Å². The van der Waals surface area contributed by atoms with E-state index in [9.17, 15) is 9.18 Å². The Labute approximate surface area is 112 Å². The van der Waals surface area contributed by atoms with Crippen LogP contribution in [0.25, 0.3) is 16.8 Å². The zero-order chi connectivity index (χ0) is 14.3. The third-order valence-corrected chi connectivity index (χ3v) is 3.05. The van der Waals surface area contributed by atoms with Crippen molar-refractivity contribution in [3.05, 3.63) is 58.2 Å². The van der Waals surface area contributed by atoms with Gasteiger partial charge < -0.3 is 4.98 Å². The van der Waals surface area contributed by atoms with Gasteiger partial charge in [0.1, 0.15) is 17.3 Å². The number of pyridine rings is 2. The summed E-state index contributed by atoms with van der Waals surface area (Å²) in [5.41, 5.74) is 1.72. The molecule has 0 atom stereocenters. The molecule has 6 heteroatoms. The lowest BCUT2D eigenvalue weighted by Gasteiger charge is -2.06. The molecule has 3 rings (SSSR count). The lowest BCUT2D eigenvalue weighted by molar-refractivity contribution is 0.573. The Bertz CT molecular complexity index is 917. The zero-order valence-corrected chi connectivity index (χ0v) is 10.5. The van der Waals surface area contributed by atoms with Crippen LogP contribution in [0.4, 0.5) is 4.39 Å². The van der Waals surface area contributed by atoms with Crippen LogP contribution in [0.1, 0.15) is 11.3 Å². The molecule has 3 aromatic heterocycles. The molecule has 1 N–H and O–H groups in total. The van der Waals surface area contributed by atoms with Gasteiger partial charge >= 0.3 is 0 Å². The molecule has 3 aromatic rings. The minimum Gasteiger partial charge on any atom is -0.325 e. The van der Waals surface area contributed by atoms with Gasteiger partial charge in [-0.25, -0.2) is 4.98 Å². The van der Waals surface area contributed by atoms with E-state index < -0.39 is 11.5 Å². The number of nitrogens with one attached hydrogen (secondary N) is 1. The van der Waals surface area contributed by atoms with E-state index in [0.29, 0.717) is 22.5 Å². The fraction of sp³-hybridized carbons (Fsp3) is 0.0714. The highest BCUT2D eigenvalue weighted by Crippen LogP contribution is 2.22. The number of nitriles is 1. The first-order chi connectivity index (χ1) is 9.60. The summed E-state index contributed by atoms with van der Waals surface area (Å²) in [6.07, 6.45) is 2.64. The number of aryl methyl sites for hydroxylation is 1. The third-order valence-electron chi connectivity index (χ3n) is 3.05. The second kappa shape index (κ2) is 4.31. The molecule has 0 saturated carbocycles. The van der Waals surface area contributed by atoms with Gasteiger partial charge in [-0.15, -0.1) is 0 Å². The quantitative estimate of drug-likeness (QED) is 0.733. The van der Waals surface area contributed by atoms with Crippen molar-refractivity contribution in [1.82, 2.24) is 14.4 Å². The van der Waals surface area contributed by atoms with Gasteiger partial charge in [-0.05, 0) is 25.1 Å². The SMILES string of the molecule is Cc1cc(-c2ccc3ncc(F)n3c2)c(C#N)c(=O)[nH]1. The maximum absolute atomic E-state index is 13.6. The van der Waals surface area contributed by atoms with Crippen LogP contribution in [-0.4, -0.2) is 14.4 Å². The Hall–Kier alpha value is -2.94. The van der Waals surface area contributed by atoms with Gasteiger partial charge in [-0.3, -0.25) is 9.20 Å². The Morgan fingerprint density at radius 2 is 2.25 bits per heavy atom. The normalized spacial score (nSPS) is 10.7. The minimum absolute atomic E-state index is 0.00970. The molecule has 0 bridgehead atoms. The number of hydrogen-bond donors (Lipinski definition) is 1. The second-order valence-electron chi connectivity index (χ2n) is 4.41. The highest BCUT2D eigenvalue weighted by atomic mass is 19.1. The van der Waals surface area contributed by atoms with Crippen LogP contribution in [0.15, 0.2) is 35.4 Å². The molecule has 5 nitrogen and oxygen atoms in total. The van der Waals surface area contributed by atoms with Crippen molar-refractivity contribution in [3.63, 3.8) is 0 Å². The average Bonchev–Trinajstić information content (AvgIpc) is 2.79. The molecule has 0 saturated heterocycles. The summed E-state index contributed by atoms with van der Waals surface area (Å²) in [7, 11) is 0. The van der Waals surface area contributed by atoms with Crippen LogP contribution in [-0.2, 0) is 0 Å². The summed E-state index contributed by atoms with van der Waals surface area (Å²) in [5, 5.41) is 9.12. The molecule has 0 aliphatic rings. The maximum Gasteiger partial charge on any atom is 0.266 e. The van der Waals surface area contributed by atoms with E-state index in [1.54, 1.807) is 25.1 Å². The Kier molecular flexibility index (Phi) is 2.61. The Morgan fingerprint density at radius 3 is 3.00 bits per heavy atom. The molecule has 0 aliphatic heterocycles. The summed E-state index contributed by atoms with van der Waals surface area (Å²) in [6, 6.07) is 6.91. The number of aromatic nitrogens is 3. The smallest absolute Gasteiger partial charge is 0.266 e. The van der Waals surface area contributed by atoms with E-state index in [1.807, 2.05) is 6.07 Å².